The van der Waals surface area contributed by atoms with E-state index in [0.29, 0.717) is 5.75 Å². The predicted octanol–water partition coefficient (Wildman–Crippen LogP) is 1.47. The van der Waals surface area contributed by atoms with Crippen LogP contribution >= 0.6 is 12.6 Å². The maximum atomic E-state index is 8.91. The lowest BCUT2D eigenvalue weighted by Crippen LogP contribution is -2.06. The van der Waals surface area contributed by atoms with E-state index in [4.69, 9.17) is 5.11 Å². The first-order valence-corrected chi connectivity index (χ1v) is 3.73. The van der Waals surface area contributed by atoms with Gasteiger partial charge in [-0.1, -0.05) is 19.8 Å². The number of aliphatic hydroxyl groups excluding tert-OH is 1. The summed E-state index contributed by atoms with van der Waals surface area (Å²) < 4.78 is 0. The molecule has 2 heteroatoms. The molecule has 0 rings (SSSR count). The highest BCUT2D eigenvalue weighted by atomic mass is 32.1. The van der Waals surface area contributed by atoms with Crippen molar-refractivity contribution >= 4 is 12.6 Å². The molecular weight excluding hydrogens is 120 g/mol. The van der Waals surface area contributed by atoms with Crippen molar-refractivity contribution in [1.82, 2.24) is 0 Å². The Bertz CT molecular complexity index is 47.8. The molecule has 0 aliphatic heterocycles. The summed E-state index contributed by atoms with van der Waals surface area (Å²) in [6.45, 7) is 2.12. The van der Waals surface area contributed by atoms with Crippen molar-refractivity contribution in [3.05, 3.63) is 0 Å². The van der Waals surface area contributed by atoms with E-state index < -0.39 is 0 Å². The van der Waals surface area contributed by atoms with E-state index >= 15 is 0 Å². The van der Waals surface area contributed by atoms with Crippen LogP contribution in [0.25, 0.3) is 0 Å². The van der Waals surface area contributed by atoms with Gasteiger partial charge < -0.3 is 5.11 Å². The van der Waals surface area contributed by atoms with Crippen molar-refractivity contribution in [2.75, 3.05) is 5.75 Å². The SMILES string of the molecule is CCCCC(O)CS. The Morgan fingerprint density at radius 3 is 2.62 bits per heavy atom. The van der Waals surface area contributed by atoms with Crippen molar-refractivity contribution < 1.29 is 5.11 Å². The van der Waals surface area contributed by atoms with Gasteiger partial charge >= 0.3 is 0 Å². The first kappa shape index (κ1) is 8.31. The lowest BCUT2D eigenvalue weighted by Gasteiger charge is -2.03. The normalized spacial score (nSPS) is 13.9. The minimum absolute atomic E-state index is 0.182. The molecule has 0 heterocycles. The quantitative estimate of drug-likeness (QED) is 0.558. The van der Waals surface area contributed by atoms with Crippen LogP contribution < -0.4 is 0 Å². The molecule has 0 aromatic heterocycles. The third-order valence-corrected chi connectivity index (χ3v) is 1.52. The van der Waals surface area contributed by atoms with E-state index in [1.54, 1.807) is 0 Å². The van der Waals surface area contributed by atoms with Gasteiger partial charge in [0.1, 0.15) is 0 Å². The summed E-state index contributed by atoms with van der Waals surface area (Å²) in [7, 11) is 0. The summed E-state index contributed by atoms with van der Waals surface area (Å²) in [5, 5.41) is 8.91. The minimum Gasteiger partial charge on any atom is -0.392 e. The molecule has 50 valence electrons. The predicted molar refractivity (Wildman–Crippen MR) is 39.4 cm³/mol. The fourth-order valence-electron chi connectivity index (χ4n) is 0.531. The van der Waals surface area contributed by atoms with Gasteiger partial charge in [-0.15, -0.1) is 0 Å². The molecule has 0 aliphatic carbocycles. The van der Waals surface area contributed by atoms with Crippen molar-refractivity contribution in [2.45, 2.75) is 32.3 Å². The first-order valence-electron chi connectivity index (χ1n) is 3.10. The lowest BCUT2D eigenvalue weighted by atomic mass is 10.2. The number of aliphatic hydroxyl groups is 1. The van der Waals surface area contributed by atoms with Gasteiger partial charge in [-0.05, 0) is 6.42 Å². The van der Waals surface area contributed by atoms with Crippen LogP contribution in [0.1, 0.15) is 26.2 Å². The molecule has 8 heavy (non-hydrogen) atoms. The summed E-state index contributed by atoms with van der Waals surface area (Å²) in [6.07, 6.45) is 2.99. The molecule has 0 aromatic carbocycles. The summed E-state index contributed by atoms with van der Waals surface area (Å²) in [5.74, 6) is 0.597. The number of rotatable bonds is 4. The smallest absolute Gasteiger partial charge is 0.0628 e. The van der Waals surface area contributed by atoms with Gasteiger partial charge in [0, 0.05) is 5.75 Å². The Kier molecular flexibility index (Phi) is 5.66. The van der Waals surface area contributed by atoms with Gasteiger partial charge in [-0.3, -0.25) is 0 Å². The lowest BCUT2D eigenvalue weighted by molar-refractivity contribution is 0.186. The summed E-state index contributed by atoms with van der Waals surface area (Å²) in [4.78, 5) is 0. The monoisotopic (exact) mass is 134 g/mol. The molecule has 0 saturated carbocycles. The fourth-order valence-corrected chi connectivity index (χ4v) is 0.714. The van der Waals surface area contributed by atoms with E-state index in [9.17, 15) is 0 Å². The largest absolute Gasteiger partial charge is 0.392 e. The summed E-state index contributed by atoms with van der Waals surface area (Å²) >= 11 is 3.94. The maximum Gasteiger partial charge on any atom is 0.0628 e. The van der Waals surface area contributed by atoms with Gasteiger partial charge in [0.25, 0.3) is 0 Å². The van der Waals surface area contributed by atoms with Crippen LogP contribution in [0.15, 0.2) is 0 Å². The molecule has 0 aromatic rings. The van der Waals surface area contributed by atoms with Gasteiger partial charge in [0.05, 0.1) is 6.10 Å². The molecule has 1 nitrogen and oxygen atoms in total. The fraction of sp³-hybridized carbons (Fsp3) is 1.00. The first-order chi connectivity index (χ1) is 3.81. The molecule has 0 aliphatic rings. The third kappa shape index (κ3) is 4.47. The van der Waals surface area contributed by atoms with Gasteiger partial charge in [0.2, 0.25) is 0 Å². The highest BCUT2D eigenvalue weighted by Crippen LogP contribution is 2.00. The van der Waals surface area contributed by atoms with Crippen LogP contribution in [0.3, 0.4) is 0 Å². The van der Waals surface area contributed by atoms with Crippen LogP contribution in [-0.2, 0) is 0 Å². The Hall–Kier alpha value is 0.310. The van der Waals surface area contributed by atoms with E-state index in [1.165, 1.54) is 0 Å². The number of hydrogen-bond acceptors (Lipinski definition) is 2. The number of unbranched alkanes of at least 4 members (excludes halogenated alkanes) is 1. The zero-order chi connectivity index (χ0) is 6.41. The zero-order valence-electron chi connectivity index (χ0n) is 5.30. The van der Waals surface area contributed by atoms with Crippen molar-refractivity contribution in [1.29, 1.82) is 0 Å². The Morgan fingerprint density at radius 1 is 1.62 bits per heavy atom. The molecule has 0 bridgehead atoms. The molecule has 1 unspecified atom stereocenters. The molecule has 0 radical (unpaired) electrons. The standard InChI is InChI=1S/C6H14OS/c1-2-3-4-6(7)5-8/h6-8H,2-5H2,1H3. The van der Waals surface area contributed by atoms with Crippen LogP contribution in [0.5, 0.6) is 0 Å². The molecule has 1 atom stereocenters. The van der Waals surface area contributed by atoms with Crippen molar-refractivity contribution in [3.8, 4) is 0 Å². The van der Waals surface area contributed by atoms with E-state index in [-0.39, 0.29) is 6.10 Å². The molecular formula is C6H14OS. The second-order valence-electron chi connectivity index (χ2n) is 1.98. The molecule has 0 fully saturated rings. The van der Waals surface area contributed by atoms with Crippen LogP contribution in [0.2, 0.25) is 0 Å². The molecule has 0 amide bonds. The van der Waals surface area contributed by atoms with Crippen LogP contribution in [0.4, 0.5) is 0 Å². The Balaban J connectivity index is 2.86. The van der Waals surface area contributed by atoms with Crippen LogP contribution in [0, 0.1) is 0 Å². The average molecular weight is 134 g/mol. The zero-order valence-corrected chi connectivity index (χ0v) is 6.19. The highest BCUT2D eigenvalue weighted by molar-refractivity contribution is 7.80. The van der Waals surface area contributed by atoms with E-state index in [1.807, 2.05) is 0 Å². The molecule has 0 spiro atoms. The highest BCUT2D eigenvalue weighted by Gasteiger charge is 1.97. The third-order valence-electron chi connectivity index (χ3n) is 1.10. The van der Waals surface area contributed by atoms with E-state index in [2.05, 4.69) is 19.6 Å². The van der Waals surface area contributed by atoms with Crippen molar-refractivity contribution in [2.24, 2.45) is 0 Å². The van der Waals surface area contributed by atoms with E-state index in [0.717, 1.165) is 19.3 Å². The van der Waals surface area contributed by atoms with Crippen molar-refractivity contribution in [3.63, 3.8) is 0 Å². The van der Waals surface area contributed by atoms with Crippen LogP contribution in [-0.4, -0.2) is 17.0 Å². The maximum absolute atomic E-state index is 8.91. The van der Waals surface area contributed by atoms with Gasteiger partial charge in [-0.2, -0.15) is 12.6 Å². The molecule has 0 saturated heterocycles. The minimum atomic E-state index is -0.182. The Morgan fingerprint density at radius 2 is 2.25 bits per heavy atom. The molecule has 1 N–H and O–H groups in total. The van der Waals surface area contributed by atoms with Gasteiger partial charge in [0.15, 0.2) is 0 Å². The summed E-state index contributed by atoms with van der Waals surface area (Å²) in [6, 6.07) is 0. The number of thiol groups is 1. The topological polar surface area (TPSA) is 20.2 Å². The number of hydrogen-bond donors (Lipinski definition) is 2. The second-order valence-corrected chi connectivity index (χ2v) is 2.34. The Labute approximate surface area is 56.5 Å². The summed E-state index contributed by atoms with van der Waals surface area (Å²) in [5.41, 5.74) is 0. The second kappa shape index (κ2) is 5.45. The average Bonchev–Trinajstić information content (AvgIpc) is 1.83. The van der Waals surface area contributed by atoms with Gasteiger partial charge in [-0.25, -0.2) is 0 Å².